The van der Waals surface area contributed by atoms with Crippen molar-refractivity contribution in [1.82, 2.24) is 10.3 Å². The predicted octanol–water partition coefficient (Wildman–Crippen LogP) is 3.41. The Morgan fingerprint density at radius 1 is 1.40 bits per heavy atom. The highest BCUT2D eigenvalue weighted by atomic mass is 32.2. The number of nitrogens with zero attached hydrogens (tertiary/aromatic N) is 2. The van der Waals surface area contributed by atoms with E-state index in [1.165, 1.54) is 11.3 Å². The van der Waals surface area contributed by atoms with Gasteiger partial charge < -0.3 is 10.2 Å². The van der Waals surface area contributed by atoms with Gasteiger partial charge in [-0.15, -0.1) is 0 Å². The van der Waals surface area contributed by atoms with Crippen LogP contribution in [0.4, 0.5) is 5.69 Å². The summed E-state index contributed by atoms with van der Waals surface area (Å²) in [7, 11) is 2.19. The second-order valence-corrected chi connectivity index (χ2v) is 6.57. The Labute approximate surface area is 128 Å². The molecular weight excluding hydrogens is 266 g/mol. The van der Waals surface area contributed by atoms with Gasteiger partial charge in [0.25, 0.3) is 0 Å². The molecule has 0 radical (unpaired) electrons. The standard InChI is InChI=1S/C16H29N3S/c1-6-15(12-20-5)19(4)16-11-17-8-7-14(16)10-18-9-13(2)3/h7-8,11,13,15,18H,6,9-10,12H2,1-5H3. The summed E-state index contributed by atoms with van der Waals surface area (Å²) in [5.74, 6) is 1.83. The fourth-order valence-corrected chi connectivity index (χ4v) is 3.11. The molecule has 3 nitrogen and oxygen atoms in total. The van der Waals surface area contributed by atoms with Crippen molar-refractivity contribution in [3.8, 4) is 0 Å². The SMILES string of the molecule is CCC(CSC)N(C)c1cnccc1CNCC(C)C. The summed E-state index contributed by atoms with van der Waals surface area (Å²) in [6.07, 6.45) is 7.21. The summed E-state index contributed by atoms with van der Waals surface area (Å²) >= 11 is 1.91. The molecule has 20 heavy (non-hydrogen) atoms. The molecule has 0 amide bonds. The molecule has 1 unspecified atom stereocenters. The van der Waals surface area contributed by atoms with Gasteiger partial charge in [-0.05, 0) is 36.8 Å². The Balaban J connectivity index is 2.77. The highest BCUT2D eigenvalue weighted by molar-refractivity contribution is 7.98. The number of pyridine rings is 1. The molecular formula is C16H29N3S. The molecule has 0 bridgehead atoms. The van der Waals surface area contributed by atoms with E-state index < -0.39 is 0 Å². The largest absolute Gasteiger partial charge is 0.369 e. The Kier molecular flexibility index (Phi) is 8.00. The molecule has 0 aliphatic heterocycles. The highest BCUT2D eigenvalue weighted by Crippen LogP contribution is 2.22. The fourth-order valence-electron chi connectivity index (χ4n) is 2.27. The number of nitrogens with one attached hydrogen (secondary N) is 1. The van der Waals surface area contributed by atoms with Gasteiger partial charge in [0.2, 0.25) is 0 Å². The van der Waals surface area contributed by atoms with Gasteiger partial charge in [0.1, 0.15) is 0 Å². The third kappa shape index (κ3) is 5.33. The average Bonchev–Trinajstić information content (AvgIpc) is 2.44. The second-order valence-electron chi connectivity index (χ2n) is 5.66. The van der Waals surface area contributed by atoms with Gasteiger partial charge >= 0.3 is 0 Å². The maximum atomic E-state index is 4.31. The number of hydrogen-bond acceptors (Lipinski definition) is 4. The van der Waals surface area contributed by atoms with Crippen LogP contribution in [0, 0.1) is 5.92 Å². The van der Waals surface area contributed by atoms with Crippen molar-refractivity contribution < 1.29 is 0 Å². The van der Waals surface area contributed by atoms with Crippen LogP contribution in [0.3, 0.4) is 0 Å². The third-order valence-electron chi connectivity index (χ3n) is 3.51. The molecule has 1 atom stereocenters. The van der Waals surface area contributed by atoms with Crippen molar-refractivity contribution in [1.29, 1.82) is 0 Å². The van der Waals surface area contributed by atoms with Crippen LogP contribution < -0.4 is 10.2 Å². The summed E-state index contributed by atoms with van der Waals surface area (Å²) in [6, 6.07) is 2.70. The van der Waals surface area contributed by atoms with E-state index in [0.717, 1.165) is 25.3 Å². The summed E-state index contributed by atoms with van der Waals surface area (Å²) in [5.41, 5.74) is 2.59. The zero-order chi connectivity index (χ0) is 15.0. The molecule has 0 aliphatic rings. The molecule has 1 aromatic rings. The van der Waals surface area contributed by atoms with Crippen molar-refractivity contribution in [3.63, 3.8) is 0 Å². The molecule has 1 rings (SSSR count). The van der Waals surface area contributed by atoms with E-state index in [1.54, 1.807) is 0 Å². The molecule has 0 saturated carbocycles. The number of rotatable bonds is 9. The van der Waals surface area contributed by atoms with Crippen LogP contribution in [0.15, 0.2) is 18.5 Å². The van der Waals surface area contributed by atoms with E-state index in [0.29, 0.717) is 12.0 Å². The van der Waals surface area contributed by atoms with Gasteiger partial charge in [0.15, 0.2) is 0 Å². The van der Waals surface area contributed by atoms with Crippen LogP contribution >= 0.6 is 11.8 Å². The second kappa shape index (κ2) is 9.24. The van der Waals surface area contributed by atoms with Crippen molar-refractivity contribution in [2.75, 3.05) is 30.5 Å². The number of hydrogen-bond donors (Lipinski definition) is 1. The first-order valence-corrected chi connectivity index (χ1v) is 8.84. The summed E-state index contributed by atoms with van der Waals surface area (Å²) in [4.78, 5) is 6.69. The van der Waals surface area contributed by atoms with Crippen molar-refractivity contribution in [2.24, 2.45) is 5.92 Å². The van der Waals surface area contributed by atoms with E-state index in [1.807, 2.05) is 24.2 Å². The lowest BCUT2D eigenvalue weighted by atomic mass is 10.1. The summed E-state index contributed by atoms with van der Waals surface area (Å²) < 4.78 is 0. The number of aromatic nitrogens is 1. The first-order chi connectivity index (χ1) is 9.60. The maximum absolute atomic E-state index is 4.31. The van der Waals surface area contributed by atoms with E-state index in [4.69, 9.17) is 0 Å². The molecule has 1 heterocycles. The van der Waals surface area contributed by atoms with Gasteiger partial charge in [-0.1, -0.05) is 20.8 Å². The topological polar surface area (TPSA) is 28.2 Å². The molecule has 1 aromatic heterocycles. The predicted molar refractivity (Wildman–Crippen MR) is 91.6 cm³/mol. The average molecular weight is 295 g/mol. The van der Waals surface area contributed by atoms with Gasteiger partial charge in [0, 0.05) is 31.6 Å². The monoisotopic (exact) mass is 295 g/mol. The van der Waals surface area contributed by atoms with Crippen LogP contribution in [0.25, 0.3) is 0 Å². The lowest BCUT2D eigenvalue weighted by molar-refractivity contribution is 0.551. The van der Waals surface area contributed by atoms with E-state index in [-0.39, 0.29) is 0 Å². The molecule has 0 fully saturated rings. The van der Waals surface area contributed by atoms with Gasteiger partial charge in [-0.25, -0.2) is 0 Å². The van der Waals surface area contributed by atoms with Gasteiger partial charge in [-0.2, -0.15) is 11.8 Å². The van der Waals surface area contributed by atoms with Crippen molar-refractivity contribution in [2.45, 2.75) is 39.8 Å². The van der Waals surface area contributed by atoms with Crippen LogP contribution in [-0.4, -0.2) is 36.6 Å². The van der Waals surface area contributed by atoms with Gasteiger partial charge in [0.05, 0.1) is 11.9 Å². The molecule has 1 N–H and O–H groups in total. The maximum Gasteiger partial charge on any atom is 0.0598 e. The van der Waals surface area contributed by atoms with Crippen LogP contribution in [0.5, 0.6) is 0 Å². The zero-order valence-electron chi connectivity index (χ0n) is 13.5. The Morgan fingerprint density at radius 2 is 2.15 bits per heavy atom. The van der Waals surface area contributed by atoms with E-state index in [2.05, 4.69) is 55.3 Å². The third-order valence-corrected chi connectivity index (χ3v) is 4.23. The molecule has 0 aromatic carbocycles. The molecule has 114 valence electrons. The van der Waals surface area contributed by atoms with Crippen LogP contribution in [-0.2, 0) is 6.54 Å². The highest BCUT2D eigenvalue weighted by Gasteiger charge is 2.15. The molecule has 4 heteroatoms. The van der Waals surface area contributed by atoms with E-state index in [9.17, 15) is 0 Å². The lowest BCUT2D eigenvalue weighted by Crippen LogP contribution is -2.34. The minimum absolute atomic E-state index is 0.568. The number of thioether (sulfide) groups is 1. The van der Waals surface area contributed by atoms with Gasteiger partial charge in [-0.3, -0.25) is 4.98 Å². The minimum atomic E-state index is 0.568. The molecule has 0 aliphatic carbocycles. The Morgan fingerprint density at radius 3 is 2.75 bits per heavy atom. The first-order valence-electron chi connectivity index (χ1n) is 7.45. The Hall–Kier alpha value is -0.740. The van der Waals surface area contributed by atoms with Crippen molar-refractivity contribution >= 4 is 17.4 Å². The zero-order valence-corrected chi connectivity index (χ0v) is 14.3. The first kappa shape index (κ1) is 17.3. The van der Waals surface area contributed by atoms with Crippen LogP contribution in [0.1, 0.15) is 32.8 Å². The summed E-state index contributed by atoms with van der Waals surface area (Å²) in [6.45, 7) is 8.68. The van der Waals surface area contributed by atoms with Crippen LogP contribution in [0.2, 0.25) is 0 Å². The normalized spacial score (nSPS) is 12.7. The lowest BCUT2D eigenvalue weighted by Gasteiger charge is -2.30. The fraction of sp³-hybridized carbons (Fsp3) is 0.688. The summed E-state index contributed by atoms with van der Waals surface area (Å²) in [5, 5.41) is 3.53. The Bertz CT molecular complexity index is 382. The molecule has 0 saturated heterocycles. The van der Waals surface area contributed by atoms with Crippen molar-refractivity contribution in [3.05, 3.63) is 24.0 Å². The minimum Gasteiger partial charge on any atom is -0.369 e. The van der Waals surface area contributed by atoms with E-state index >= 15 is 0 Å². The quantitative estimate of drug-likeness (QED) is 0.756. The smallest absolute Gasteiger partial charge is 0.0598 e. The molecule has 0 spiro atoms. The number of anilines is 1.